The molecule has 11 nitrogen and oxygen atoms in total. The van der Waals surface area contributed by atoms with Crippen LogP contribution in [0.5, 0.6) is 5.75 Å². The maximum Gasteiger partial charge on any atom is 0.278 e. The van der Waals surface area contributed by atoms with Gasteiger partial charge in [0.25, 0.3) is 5.56 Å². The van der Waals surface area contributed by atoms with Crippen molar-refractivity contribution >= 4 is 34.4 Å². The zero-order chi connectivity index (χ0) is 27.7. The minimum absolute atomic E-state index is 0.00293. The number of nitrogens with zero attached hydrogens (tertiary/aromatic N) is 7. The fourth-order valence-corrected chi connectivity index (χ4v) is 6.54. The Morgan fingerprint density at radius 2 is 1.98 bits per heavy atom. The van der Waals surface area contributed by atoms with Gasteiger partial charge in [0.1, 0.15) is 12.0 Å². The Kier molecular flexibility index (Phi) is 5.33. The molecule has 4 aliphatic rings. The lowest BCUT2D eigenvalue weighted by molar-refractivity contribution is -0.118. The van der Waals surface area contributed by atoms with Gasteiger partial charge >= 0.3 is 0 Å². The van der Waals surface area contributed by atoms with Gasteiger partial charge in [0.15, 0.2) is 23.0 Å². The van der Waals surface area contributed by atoms with E-state index in [0.29, 0.717) is 72.3 Å². The van der Waals surface area contributed by atoms with Crippen molar-refractivity contribution in [2.24, 2.45) is 0 Å². The van der Waals surface area contributed by atoms with E-state index in [1.165, 1.54) is 24.0 Å². The number of fused-ring (bicyclic) bond motifs is 7. The number of likely N-dealkylation sites (N-methyl/N-ethyl adjacent to an activating group) is 1. The van der Waals surface area contributed by atoms with Crippen LogP contribution in [0.4, 0.5) is 17.5 Å². The van der Waals surface area contributed by atoms with Crippen LogP contribution in [-0.4, -0.2) is 61.9 Å². The number of carbonyl (C=O) groups excluding carboxylic acids is 1. The molecule has 2 bridgehead atoms. The van der Waals surface area contributed by atoms with Gasteiger partial charge < -0.3 is 15.0 Å². The molecule has 1 N–H and O–H groups in total. The van der Waals surface area contributed by atoms with Gasteiger partial charge in [-0.3, -0.25) is 14.5 Å². The maximum absolute atomic E-state index is 13.5. The van der Waals surface area contributed by atoms with Crippen LogP contribution in [-0.2, 0) is 23.3 Å². The molecule has 11 heteroatoms. The first-order valence-corrected chi connectivity index (χ1v) is 14.2. The third-order valence-corrected chi connectivity index (χ3v) is 8.62. The van der Waals surface area contributed by atoms with E-state index < -0.39 is 0 Å². The van der Waals surface area contributed by atoms with Gasteiger partial charge in [-0.05, 0) is 61.7 Å². The Morgan fingerprint density at radius 3 is 2.85 bits per heavy atom. The van der Waals surface area contributed by atoms with Crippen LogP contribution in [0.1, 0.15) is 36.8 Å². The minimum atomic E-state index is -0.205. The van der Waals surface area contributed by atoms with E-state index >= 15 is 0 Å². The molecule has 0 saturated heterocycles. The molecule has 4 aromatic rings. The smallest absolute Gasteiger partial charge is 0.278 e. The lowest BCUT2D eigenvalue weighted by Gasteiger charge is -2.32. The van der Waals surface area contributed by atoms with Crippen LogP contribution in [0, 0.1) is 0 Å². The van der Waals surface area contributed by atoms with Gasteiger partial charge in [-0.25, -0.2) is 19.3 Å². The number of rotatable bonds is 2. The predicted molar refractivity (Wildman–Crippen MR) is 154 cm³/mol. The molecule has 6 heterocycles. The average Bonchev–Trinajstić information content (AvgIpc) is 3.67. The molecule has 41 heavy (non-hydrogen) atoms. The molecule has 0 radical (unpaired) electrons. The second-order valence-electron chi connectivity index (χ2n) is 11.5. The molecule has 8 rings (SSSR count). The van der Waals surface area contributed by atoms with Crippen molar-refractivity contribution in [1.29, 1.82) is 0 Å². The number of carbonyl (C=O) groups is 1. The van der Waals surface area contributed by atoms with Crippen molar-refractivity contribution in [2.45, 2.75) is 44.2 Å². The molecule has 0 atom stereocenters. The number of hydrogen-bond acceptors (Lipinski definition) is 8. The number of amides is 1. The van der Waals surface area contributed by atoms with Crippen LogP contribution < -0.4 is 20.5 Å². The highest BCUT2D eigenvalue weighted by atomic mass is 16.5. The molecule has 208 valence electrons. The zero-order valence-corrected chi connectivity index (χ0v) is 22.8. The SMILES string of the molecule is CN1Cc2cc(Nc3ncc4c(=O)n5n(c4n3)-c3ccc4c(n3)N(CCO4)C(=O)CC/C=C\C5)ccc2C2(CC2)C1. The Balaban J connectivity index is 1.23. The van der Waals surface area contributed by atoms with Crippen molar-refractivity contribution in [3.8, 4) is 11.6 Å². The third kappa shape index (κ3) is 3.94. The number of anilines is 3. The lowest BCUT2D eigenvalue weighted by Crippen LogP contribution is -2.38. The van der Waals surface area contributed by atoms with Crippen molar-refractivity contribution in [2.75, 3.05) is 37.0 Å². The largest absolute Gasteiger partial charge is 0.488 e. The van der Waals surface area contributed by atoms with Gasteiger partial charge in [0.05, 0.1) is 13.1 Å². The van der Waals surface area contributed by atoms with Crippen LogP contribution in [0.3, 0.4) is 0 Å². The van der Waals surface area contributed by atoms with E-state index in [1.54, 1.807) is 32.6 Å². The molecule has 3 aromatic heterocycles. The number of hydrogen-bond donors (Lipinski definition) is 1. The van der Waals surface area contributed by atoms with Crippen LogP contribution >= 0.6 is 0 Å². The minimum Gasteiger partial charge on any atom is -0.488 e. The summed E-state index contributed by atoms with van der Waals surface area (Å²) in [7, 11) is 2.18. The van der Waals surface area contributed by atoms with E-state index in [-0.39, 0.29) is 11.5 Å². The number of ether oxygens (including phenoxy) is 1. The fraction of sp³-hybridized carbons (Fsp3) is 0.367. The van der Waals surface area contributed by atoms with Crippen LogP contribution in [0.2, 0.25) is 0 Å². The Labute approximate surface area is 236 Å². The highest BCUT2D eigenvalue weighted by molar-refractivity contribution is 5.94. The molecule has 3 aliphatic heterocycles. The summed E-state index contributed by atoms with van der Waals surface area (Å²) < 4.78 is 9.12. The quantitative estimate of drug-likeness (QED) is 0.379. The number of benzene rings is 1. The summed E-state index contributed by atoms with van der Waals surface area (Å²) >= 11 is 0. The molecule has 0 unspecified atom stereocenters. The predicted octanol–water partition coefficient (Wildman–Crippen LogP) is 3.27. The summed E-state index contributed by atoms with van der Waals surface area (Å²) in [5.74, 6) is 1.88. The van der Waals surface area contributed by atoms with Crippen molar-refractivity contribution in [3.63, 3.8) is 0 Å². The normalized spacial score (nSPS) is 20.0. The first-order valence-electron chi connectivity index (χ1n) is 14.2. The lowest BCUT2D eigenvalue weighted by atomic mass is 9.87. The second kappa shape index (κ2) is 9.00. The molecule has 1 amide bonds. The van der Waals surface area contributed by atoms with Crippen LogP contribution in [0.25, 0.3) is 16.9 Å². The molecule has 1 fully saturated rings. The summed E-state index contributed by atoms with van der Waals surface area (Å²) in [6.45, 7) is 3.18. The number of nitrogens with one attached hydrogen (secondary N) is 1. The Hall–Kier alpha value is -4.51. The van der Waals surface area contributed by atoms with Gasteiger partial charge in [-0.15, -0.1) is 0 Å². The Morgan fingerprint density at radius 1 is 1.07 bits per heavy atom. The van der Waals surface area contributed by atoms with Crippen LogP contribution in [0.15, 0.2) is 53.5 Å². The first kappa shape index (κ1) is 24.3. The van der Waals surface area contributed by atoms with Crippen molar-refractivity contribution < 1.29 is 9.53 Å². The number of aromatic nitrogens is 5. The molecule has 1 saturated carbocycles. The number of allylic oxidation sites excluding steroid dienone is 2. The molecular weight excluding hydrogens is 520 g/mol. The first-order chi connectivity index (χ1) is 20.0. The standard InChI is InChI=1S/C30H30N8O3/c1-35-17-19-15-20(6-7-22(19)30(18-35)10-11-30)32-29-31-16-21-26(34-29)38-24-9-8-23-27(33-24)36(13-14-41-23)25(39)5-3-2-4-12-37(38)28(21)40/h2,4,6-9,15-16H,3,5,10-14,17-18H2,1H3,(H,31,32,34)/b4-2-. The highest BCUT2D eigenvalue weighted by Crippen LogP contribution is 2.52. The van der Waals surface area contributed by atoms with Crippen molar-refractivity contribution in [1.82, 2.24) is 29.2 Å². The average molecular weight is 551 g/mol. The van der Waals surface area contributed by atoms with Crippen molar-refractivity contribution in [3.05, 3.63) is 70.2 Å². The van der Waals surface area contributed by atoms with E-state index in [9.17, 15) is 9.59 Å². The summed E-state index contributed by atoms with van der Waals surface area (Å²) in [6, 6.07) is 10.1. The number of pyridine rings is 1. The fourth-order valence-electron chi connectivity index (χ4n) is 6.54. The monoisotopic (exact) mass is 550 g/mol. The molecule has 1 aromatic carbocycles. The topological polar surface area (TPSA) is 110 Å². The van der Waals surface area contributed by atoms with E-state index in [4.69, 9.17) is 14.7 Å². The summed E-state index contributed by atoms with van der Waals surface area (Å²) in [4.78, 5) is 44.7. The Bertz CT molecular complexity index is 1820. The maximum atomic E-state index is 13.5. The van der Waals surface area contributed by atoms with E-state index in [0.717, 1.165) is 18.8 Å². The highest BCUT2D eigenvalue weighted by Gasteiger charge is 2.48. The molecular formula is C30H30N8O3. The van der Waals surface area contributed by atoms with Gasteiger partial charge in [-0.2, -0.15) is 4.98 Å². The second-order valence-corrected chi connectivity index (χ2v) is 11.5. The van der Waals surface area contributed by atoms with E-state index in [1.807, 2.05) is 12.2 Å². The summed E-state index contributed by atoms with van der Waals surface area (Å²) in [5, 5.41) is 3.76. The van der Waals surface area contributed by atoms with Gasteiger partial charge in [0.2, 0.25) is 11.9 Å². The summed E-state index contributed by atoms with van der Waals surface area (Å²) in [5.41, 5.74) is 4.25. The summed E-state index contributed by atoms with van der Waals surface area (Å²) in [6.07, 6.45) is 8.85. The third-order valence-electron chi connectivity index (χ3n) is 8.62. The van der Waals surface area contributed by atoms with E-state index in [2.05, 4.69) is 40.4 Å². The zero-order valence-electron chi connectivity index (χ0n) is 22.8. The van der Waals surface area contributed by atoms with Gasteiger partial charge in [-0.1, -0.05) is 18.2 Å². The molecule has 1 aliphatic carbocycles. The van der Waals surface area contributed by atoms with Gasteiger partial charge in [0, 0.05) is 36.8 Å². The molecule has 1 spiro atoms.